The fraction of sp³-hybridized carbons (Fsp3) is 0.583. The second-order valence-corrected chi connectivity index (χ2v) is 11.7. The molecule has 33 heavy (non-hydrogen) atoms. The van der Waals surface area contributed by atoms with Gasteiger partial charge in [0.15, 0.2) is 0 Å². The van der Waals surface area contributed by atoms with Crippen LogP contribution in [-0.2, 0) is 31.7 Å². The lowest BCUT2D eigenvalue weighted by Gasteiger charge is -2.27. The molecular formula is C24H34ClN3O4S. The molecule has 0 bridgehead atoms. The van der Waals surface area contributed by atoms with E-state index in [1.807, 2.05) is 27.7 Å². The Kier molecular flexibility index (Phi) is 8.59. The maximum absolute atomic E-state index is 13.3. The lowest BCUT2D eigenvalue weighted by molar-refractivity contribution is -0.134. The second kappa shape index (κ2) is 11.0. The number of hydrogen-bond donors (Lipinski definition) is 0. The first-order chi connectivity index (χ1) is 15.6. The number of hydrogen-bond acceptors (Lipinski definition) is 5. The minimum atomic E-state index is -3.72. The second-order valence-electron chi connectivity index (χ2n) is 9.39. The van der Waals surface area contributed by atoms with Crippen LogP contribution < -0.4 is 0 Å². The Morgan fingerprint density at radius 2 is 2.06 bits per heavy atom. The first-order valence-corrected chi connectivity index (χ1v) is 13.5. The molecule has 0 unspecified atom stereocenters. The summed E-state index contributed by atoms with van der Waals surface area (Å²) < 4.78 is 34.0. The van der Waals surface area contributed by atoms with Gasteiger partial charge in [-0.1, -0.05) is 37.6 Å². The van der Waals surface area contributed by atoms with Gasteiger partial charge in [0.25, 0.3) is 0 Å². The maximum Gasteiger partial charge on any atom is 0.228 e. The van der Waals surface area contributed by atoms with Gasteiger partial charge in [-0.25, -0.2) is 13.4 Å². The van der Waals surface area contributed by atoms with E-state index in [1.165, 1.54) is 0 Å². The predicted octanol–water partition coefficient (Wildman–Crippen LogP) is 4.65. The van der Waals surface area contributed by atoms with Gasteiger partial charge in [0.05, 0.1) is 30.3 Å². The summed E-state index contributed by atoms with van der Waals surface area (Å²) in [5, 5.41) is 0.505. The van der Waals surface area contributed by atoms with Gasteiger partial charge in [-0.05, 0) is 50.3 Å². The van der Waals surface area contributed by atoms with Crippen molar-refractivity contribution in [3.05, 3.63) is 46.7 Å². The van der Waals surface area contributed by atoms with Crippen LogP contribution in [0.4, 0.5) is 0 Å². The summed E-state index contributed by atoms with van der Waals surface area (Å²) in [7, 11) is -3.72. The van der Waals surface area contributed by atoms with Crippen LogP contribution in [-0.4, -0.2) is 48.0 Å². The number of rotatable bonds is 10. The van der Waals surface area contributed by atoms with Crippen molar-refractivity contribution in [2.24, 2.45) is 5.92 Å². The Morgan fingerprint density at radius 3 is 2.67 bits per heavy atom. The molecule has 1 atom stereocenters. The van der Waals surface area contributed by atoms with E-state index in [0.717, 1.165) is 12.8 Å². The number of ether oxygens (including phenoxy) is 1. The molecule has 1 aliphatic heterocycles. The van der Waals surface area contributed by atoms with E-state index in [1.54, 1.807) is 39.9 Å². The highest BCUT2D eigenvalue weighted by Crippen LogP contribution is 2.25. The molecule has 9 heteroatoms. The molecule has 0 radical (unpaired) electrons. The van der Waals surface area contributed by atoms with E-state index < -0.39 is 9.84 Å². The largest absolute Gasteiger partial charge is 0.376 e. The third-order valence-electron chi connectivity index (χ3n) is 5.62. The number of sulfone groups is 1. The summed E-state index contributed by atoms with van der Waals surface area (Å²) in [5.41, 5.74) is 1.30. The molecular weight excluding hydrogens is 462 g/mol. The molecule has 2 heterocycles. The van der Waals surface area contributed by atoms with Gasteiger partial charge in [-0.15, -0.1) is 0 Å². The molecule has 1 saturated heterocycles. The summed E-state index contributed by atoms with van der Waals surface area (Å²) in [6, 6.07) is 6.69. The van der Waals surface area contributed by atoms with Crippen molar-refractivity contribution in [2.75, 3.05) is 13.2 Å². The molecule has 1 aromatic carbocycles. The first-order valence-electron chi connectivity index (χ1n) is 11.5. The van der Waals surface area contributed by atoms with Gasteiger partial charge in [0, 0.05) is 30.6 Å². The lowest BCUT2D eigenvalue weighted by atomic mass is 10.1. The van der Waals surface area contributed by atoms with Crippen molar-refractivity contribution in [2.45, 2.75) is 76.6 Å². The molecule has 0 saturated carbocycles. The topological polar surface area (TPSA) is 81.5 Å². The van der Waals surface area contributed by atoms with Gasteiger partial charge in [-0.3, -0.25) is 4.79 Å². The van der Waals surface area contributed by atoms with Crippen molar-refractivity contribution >= 4 is 27.3 Å². The van der Waals surface area contributed by atoms with E-state index in [-0.39, 0.29) is 34.9 Å². The van der Waals surface area contributed by atoms with Gasteiger partial charge >= 0.3 is 0 Å². The average Bonchev–Trinajstić information content (AvgIpc) is 3.36. The van der Waals surface area contributed by atoms with Crippen molar-refractivity contribution in [3.63, 3.8) is 0 Å². The number of carbonyl (C=O) groups excluding carboxylic acids is 1. The number of imidazole rings is 1. The Labute approximate surface area is 202 Å². The molecule has 1 aliphatic rings. The summed E-state index contributed by atoms with van der Waals surface area (Å²) in [4.78, 5) is 19.1. The van der Waals surface area contributed by atoms with E-state index >= 15 is 0 Å². The van der Waals surface area contributed by atoms with E-state index in [2.05, 4.69) is 4.98 Å². The average molecular weight is 496 g/mol. The monoisotopic (exact) mass is 495 g/mol. The Hall–Kier alpha value is -1.90. The van der Waals surface area contributed by atoms with Crippen molar-refractivity contribution in [1.29, 1.82) is 0 Å². The molecule has 3 rings (SSSR count). The molecule has 0 aliphatic carbocycles. The van der Waals surface area contributed by atoms with E-state index in [9.17, 15) is 13.2 Å². The molecule has 7 nitrogen and oxygen atoms in total. The summed E-state index contributed by atoms with van der Waals surface area (Å²) in [5.74, 6) is 0.0799. The zero-order valence-electron chi connectivity index (χ0n) is 19.8. The highest BCUT2D eigenvalue weighted by Gasteiger charge is 2.28. The third-order valence-corrected chi connectivity index (χ3v) is 7.42. The first kappa shape index (κ1) is 25.7. The van der Waals surface area contributed by atoms with Crippen molar-refractivity contribution in [1.82, 2.24) is 14.5 Å². The van der Waals surface area contributed by atoms with Crippen LogP contribution in [0, 0.1) is 5.92 Å². The van der Waals surface area contributed by atoms with Gasteiger partial charge in [-0.2, -0.15) is 0 Å². The van der Waals surface area contributed by atoms with Gasteiger partial charge in [0.2, 0.25) is 20.9 Å². The van der Waals surface area contributed by atoms with Gasteiger partial charge < -0.3 is 14.2 Å². The smallest absolute Gasteiger partial charge is 0.228 e. The normalized spacial score (nSPS) is 16.6. The molecule has 2 aromatic rings. The van der Waals surface area contributed by atoms with Crippen molar-refractivity contribution < 1.29 is 17.9 Å². The molecule has 0 N–H and O–H groups in total. The fourth-order valence-corrected chi connectivity index (χ4v) is 5.95. The summed E-state index contributed by atoms with van der Waals surface area (Å²) >= 11 is 6.03. The van der Waals surface area contributed by atoms with E-state index in [0.29, 0.717) is 42.4 Å². The maximum atomic E-state index is 13.3. The number of nitrogens with zero attached hydrogens (tertiary/aromatic N) is 3. The number of aromatic nitrogens is 2. The third kappa shape index (κ3) is 6.80. The van der Waals surface area contributed by atoms with E-state index in [4.69, 9.17) is 16.3 Å². The summed E-state index contributed by atoms with van der Waals surface area (Å²) in [6.07, 6.45) is 3.95. The van der Waals surface area contributed by atoms with Crippen molar-refractivity contribution in [3.8, 4) is 0 Å². The highest BCUT2D eigenvalue weighted by molar-refractivity contribution is 7.90. The minimum absolute atomic E-state index is 0.0147. The predicted molar refractivity (Wildman–Crippen MR) is 129 cm³/mol. The van der Waals surface area contributed by atoms with Gasteiger partial charge in [0.1, 0.15) is 0 Å². The summed E-state index contributed by atoms with van der Waals surface area (Å²) in [6.45, 7) is 9.38. The lowest BCUT2D eigenvalue weighted by Crippen LogP contribution is -2.38. The quantitative estimate of drug-likeness (QED) is 0.479. The zero-order valence-corrected chi connectivity index (χ0v) is 21.4. The molecule has 1 amide bonds. The van der Waals surface area contributed by atoms with Crippen LogP contribution in [0.15, 0.2) is 35.6 Å². The molecule has 1 aromatic heterocycles. The number of amides is 1. The number of halogens is 1. The fourth-order valence-electron chi connectivity index (χ4n) is 4.15. The van der Waals surface area contributed by atoms with Crippen LogP contribution >= 0.6 is 11.6 Å². The number of benzene rings is 1. The zero-order chi connectivity index (χ0) is 24.2. The minimum Gasteiger partial charge on any atom is -0.376 e. The highest BCUT2D eigenvalue weighted by atomic mass is 35.5. The SMILES string of the molecule is CC(C)CC(=O)N(Cc1cnc(S(=O)(=O)Cc2cccc(Cl)c2)n1C(C)C)C[C@H]1CCCO1. The van der Waals surface area contributed by atoms with Crippen LogP contribution in [0.5, 0.6) is 0 Å². The molecule has 182 valence electrons. The Balaban J connectivity index is 1.89. The van der Waals surface area contributed by atoms with Crippen LogP contribution in [0.3, 0.4) is 0 Å². The van der Waals surface area contributed by atoms with Crippen LogP contribution in [0.2, 0.25) is 5.02 Å². The standard InChI is InChI=1S/C24H34ClN3O4S/c1-17(2)11-23(29)27(15-22-9-6-10-32-22)14-21-13-26-24(28(21)18(3)4)33(30,31)16-19-7-5-8-20(25)12-19/h5,7-8,12-13,17-18,22H,6,9-11,14-16H2,1-4H3/t22-/m1/s1. The Bertz CT molecular complexity index is 1060. The Morgan fingerprint density at radius 1 is 1.30 bits per heavy atom. The van der Waals surface area contributed by atoms with Crippen LogP contribution in [0.1, 0.15) is 64.3 Å². The molecule has 0 spiro atoms. The molecule has 1 fully saturated rings. The number of carbonyl (C=O) groups is 1. The van der Waals surface area contributed by atoms with Crippen LogP contribution in [0.25, 0.3) is 0 Å².